The van der Waals surface area contributed by atoms with Gasteiger partial charge in [0.1, 0.15) is 0 Å². The number of esters is 1. The second-order valence-corrected chi connectivity index (χ2v) is 3.00. The van der Waals surface area contributed by atoms with Crippen LogP contribution in [0.1, 0.15) is 11.1 Å². The Kier molecular flexibility index (Phi) is 4.18. The average Bonchev–Trinajstić information content (AvgIpc) is 2.24. The van der Waals surface area contributed by atoms with Crippen LogP contribution in [0, 0.1) is 18.8 Å². The van der Waals surface area contributed by atoms with E-state index in [1.54, 1.807) is 0 Å². The number of methoxy groups -OCH3 is 1. The summed E-state index contributed by atoms with van der Waals surface area (Å²) >= 11 is 0. The minimum atomic E-state index is -0.395. The molecule has 0 aliphatic carbocycles. The van der Waals surface area contributed by atoms with Gasteiger partial charge >= 0.3 is 5.97 Å². The molecule has 0 fully saturated rings. The molecule has 2 nitrogen and oxygen atoms in total. The van der Waals surface area contributed by atoms with Crippen LogP contribution in [0.5, 0.6) is 0 Å². The molecule has 0 aromatic heterocycles. The number of carbonyl (C=O) groups excluding carboxylic acids is 1. The number of hydrogen-bond donors (Lipinski definition) is 0. The molecule has 2 heteroatoms. The zero-order chi connectivity index (χ0) is 11.1. The van der Waals surface area contributed by atoms with E-state index in [1.165, 1.54) is 24.8 Å². The van der Waals surface area contributed by atoms with E-state index in [-0.39, 0.29) is 0 Å². The first-order valence-electron chi connectivity index (χ1n) is 4.55. The summed E-state index contributed by atoms with van der Waals surface area (Å²) in [5.74, 6) is 5.29. The van der Waals surface area contributed by atoms with E-state index in [0.29, 0.717) is 0 Å². The molecule has 0 saturated carbocycles. The van der Waals surface area contributed by atoms with Crippen molar-refractivity contribution in [3.8, 4) is 11.8 Å². The number of aryl methyl sites for hydroxylation is 1. The molecule has 0 radical (unpaired) electrons. The Morgan fingerprint density at radius 3 is 2.93 bits per heavy atom. The zero-order valence-electron chi connectivity index (χ0n) is 8.78. The Morgan fingerprint density at radius 2 is 2.27 bits per heavy atom. The summed E-state index contributed by atoms with van der Waals surface area (Å²) in [5, 5.41) is 0. The topological polar surface area (TPSA) is 26.3 Å². The fourth-order valence-corrected chi connectivity index (χ4v) is 1.03. The monoisotopic (exact) mass is 200 g/mol. The van der Waals surface area contributed by atoms with E-state index in [4.69, 9.17) is 0 Å². The van der Waals surface area contributed by atoms with E-state index in [1.807, 2.05) is 31.2 Å². The number of ether oxygens (including phenoxy) is 1. The maximum Gasteiger partial charge on any atom is 0.331 e. The minimum Gasteiger partial charge on any atom is -0.466 e. The lowest BCUT2D eigenvalue weighted by Crippen LogP contribution is -1.92. The second-order valence-electron chi connectivity index (χ2n) is 3.00. The fraction of sp³-hybridized carbons (Fsp3) is 0.154. The average molecular weight is 200 g/mol. The zero-order valence-corrected chi connectivity index (χ0v) is 8.78. The maximum atomic E-state index is 10.7. The van der Waals surface area contributed by atoms with Crippen LogP contribution in [0.15, 0.2) is 36.4 Å². The molecule has 0 unspecified atom stereocenters. The number of benzene rings is 1. The van der Waals surface area contributed by atoms with Crippen molar-refractivity contribution < 1.29 is 9.53 Å². The van der Waals surface area contributed by atoms with Crippen molar-refractivity contribution in [1.29, 1.82) is 0 Å². The summed E-state index contributed by atoms with van der Waals surface area (Å²) in [7, 11) is 1.33. The van der Waals surface area contributed by atoms with Crippen molar-refractivity contribution >= 4 is 5.97 Å². The highest BCUT2D eigenvalue weighted by Crippen LogP contribution is 2.01. The molecule has 0 bridgehead atoms. The van der Waals surface area contributed by atoms with Crippen molar-refractivity contribution in [2.24, 2.45) is 0 Å². The van der Waals surface area contributed by atoms with Crippen LogP contribution < -0.4 is 0 Å². The minimum absolute atomic E-state index is 0.395. The molecular weight excluding hydrogens is 188 g/mol. The van der Waals surface area contributed by atoms with Crippen molar-refractivity contribution in [2.45, 2.75) is 6.92 Å². The van der Waals surface area contributed by atoms with Crippen LogP contribution in [0.25, 0.3) is 0 Å². The van der Waals surface area contributed by atoms with Gasteiger partial charge in [-0.05, 0) is 30.7 Å². The van der Waals surface area contributed by atoms with Crippen LogP contribution in [0.3, 0.4) is 0 Å². The summed E-state index contributed by atoms with van der Waals surface area (Å²) in [4.78, 5) is 10.7. The second kappa shape index (κ2) is 5.66. The van der Waals surface area contributed by atoms with Gasteiger partial charge in [0.05, 0.1) is 7.11 Å². The highest BCUT2D eigenvalue weighted by atomic mass is 16.5. The first-order valence-corrected chi connectivity index (χ1v) is 4.55. The van der Waals surface area contributed by atoms with Crippen molar-refractivity contribution in [2.75, 3.05) is 7.11 Å². The van der Waals surface area contributed by atoms with Gasteiger partial charge in [0, 0.05) is 11.6 Å². The molecule has 1 rings (SSSR count). The van der Waals surface area contributed by atoms with Crippen molar-refractivity contribution in [3.63, 3.8) is 0 Å². The van der Waals surface area contributed by atoms with Crippen LogP contribution in [0.4, 0.5) is 0 Å². The highest BCUT2D eigenvalue weighted by molar-refractivity contribution is 5.82. The summed E-state index contributed by atoms with van der Waals surface area (Å²) < 4.78 is 4.43. The molecule has 0 aliphatic rings. The van der Waals surface area contributed by atoms with Crippen molar-refractivity contribution in [1.82, 2.24) is 0 Å². The Balaban J connectivity index is 2.66. The smallest absolute Gasteiger partial charge is 0.331 e. The first-order chi connectivity index (χ1) is 7.22. The SMILES string of the molecule is COC(=O)/C=C/C#Cc1cccc(C)c1. The third-order valence-electron chi connectivity index (χ3n) is 1.74. The lowest BCUT2D eigenvalue weighted by Gasteiger charge is -1.91. The standard InChI is InChI=1S/C13H12O2/c1-11-6-5-8-12(10-11)7-3-4-9-13(14)15-2/h4-6,8-10H,1-2H3/b9-4+. The molecular formula is C13H12O2. The normalized spacial score (nSPS) is 9.47. The van der Waals surface area contributed by atoms with Gasteiger partial charge < -0.3 is 4.74 Å². The van der Waals surface area contributed by atoms with Gasteiger partial charge in [-0.2, -0.15) is 0 Å². The molecule has 15 heavy (non-hydrogen) atoms. The lowest BCUT2D eigenvalue weighted by atomic mass is 10.1. The van der Waals surface area contributed by atoms with E-state index in [9.17, 15) is 4.79 Å². The highest BCUT2D eigenvalue weighted by Gasteiger charge is 1.87. The molecule has 0 saturated heterocycles. The predicted molar refractivity (Wildman–Crippen MR) is 59.2 cm³/mol. The van der Waals surface area contributed by atoms with Gasteiger partial charge in [0.2, 0.25) is 0 Å². The molecule has 0 N–H and O–H groups in total. The first kappa shape index (κ1) is 11.1. The molecule has 1 aromatic rings. The Hall–Kier alpha value is -2.01. The van der Waals surface area contributed by atoms with Crippen LogP contribution in [-0.2, 0) is 9.53 Å². The number of carbonyl (C=O) groups is 1. The Morgan fingerprint density at radius 1 is 1.47 bits per heavy atom. The molecule has 0 atom stereocenters. The van der Waals surface area contributed by atoms with Gasteiger partial charge in [-0.3, -0.25) is 0 Å². The molecule has 0 aliphatic heterocycles. The van der Waals surface area contributed by atoms with Crippen LogP contribution >= 0.6 is 0 Å². The van der Waals surface area contributed by atoms with E-state index < -0.39 is 5.97 Å². The molecule has 0 spiro atoms. The lowest BCUT2D eigenvalue weighted by molar-refractivity contribution is -0.134. The van der Waals surface area contributed by atoms with Gasteiger partial charge in [-0.15, -0.1) is 0 Å². The number of hydrogen-bond acceptors (Lipinski definition) is 2. The van der Waals surface area contributed by atoms with Crippen LogP contribution in [-0.4, -0.2) is 13.1 Å². The molecule has 0 amide bonds. The van der Waals surface area contributed by atoms with Gasteiger partial charge in [-0.25, -0.2) is 4.79 Å². The quantitative estimate of drug-likeness (QED) is 0.394. The van der Waals surface area contributed by atoms with E-state index in [0.717, 1.165) is 5.56 Å². The molecule has 76 valence electrons. The van der Waals surface area contributed by atoms with Gasteiger partial charge in [-0.1, -0.05) is 24.0 Å². The molecule has 1 aromatic carbocycles. The summed E-state index contributed by atoms with van der Waals surface area (Å²) in [6, 6.07) is 7.86. The van der Waals surface area contributed by atoms with E-state index >= 15 is 0 Å². The number of rotatable bonds is 1. The van der Waals surface area contributed by atoms with Gasteiger partial charge in [0.15, 0.2) is 0 Å². The summed E-state index contributed by atoms with van der Waals surface area (Å²) in [6.45, 7) is 2.01. The molecule has 0 heterocycles. The predicted octanol–water partition coefficient (Wildman–Crippen LogP) is 2.08. The number of allylic oxidation sites excluding steroid dienone is 1. The van der Waals surface area contributed by atoms with E-state index in [2.05, 4.69) is 16.6 Å². The van der Waals surface area contributed by atoms with Gasteiger partial charge in [0.25, 0.3) is 0 Å². The van der Waals surface area contributed by atoms with Crippen molar-refractivity contribution in [3.05, 3.63) is 47.5 Å². The summed E-state index contributed by atoms with van der Waals surface area (Å²) in [6.07, 6.45) is 2.77. The largest absolute Gasteiger partial charge is 0.466 e. The summed E-state index contributed by atoms with van der Waals surface area (Å²) in [5.41, 5.74) is 2.10. The Bertz CT molecular complexity index is 433. The Labute approximate surface area is 89.6 Å². The fourth-order valence-electron chi connectivity index (χ4n) is 1.03. The third kappa shape index (κ3) is 4.15. The maximum absolute atomic E-state index is 10.7. The van der Waals surface area contributed by atoms with Crippen LogP contribution in [0.2, 0.25) is 0 Å². The third-order valence-corrected chi connectivity index (χ3v) is 1.74.